The molecule has 4 aliphatic heterocycles. The Balaban J connectivity index is 1.49. The Labute approximate surface area is 251 Å². The van der Waals surface area contributed by atoms with E-state index in [1.54, 1.807) is 0 Å². The number of benzene rings is 2. The van der Waals surface area contributed by atoms with E-state index in [0.717, 1.165) is 22.2 Å². The van der Waals surface area contributed by atoms with Crippen LogP contribution in [0.3, 0.4) is 0 Å². The molecule has 7 rings (SSSR count). The summed E-state index contributed by atoms with van der Waals surface area (Å²) in [4.78, 5) is 50.4. The van der Waals surface area contributed by atoms with E-state index in [1.807, 2.05) is 43.3 Å². The number of methoxy groups -OCH3 is 2. The van der Waals surface area contributed by atoms with Gasteiger partial charge in [-0.25, -0.2) is 0 Å². The molecule has 226 valence electrons. The molecule has 0 amide bonds. The Morgan fingerprint density at radius 3 is 2.49 bits per heavy atom. The fourth-order valence-electron chi connectivity index (χ4n) is 9.34. The van der Waals surface area contributed by atoms with E-state index in [2.05, 4.69) is 33.0 Å². The summed E-state index contributed by atoms with van der Waals surface area (Å²) in [6, 6.07) is 18.1. The normalized spacial score (nSPS) is 31.5. The summed E-state index contributed by atoms with van der Waals surface area (Å²) in [6.45, 7) is 3.97. The second-order valence-corrected chi connectivity index (χ2v) is 12.6. The first-order chi connectivity index (χ1) is 20.8. The molecule has 1 spiro atoms. The molecule has 5 atom stereocenters. The number of likely N-dealkylation sites (tertiary alicyclic amines) is 1. The minimum atomic E-state index is -1.13. The molecule has 1 N–H and O–H groups in total. The number of para-hydroxylation sites is 1. The van der Waals surface area contributed by atoms with E-state index in [1.165, 1.54) is 19.8 Å². The number of nitrogens with zero attached hydrogens (tertiary/aromatic N) is 2. The molecule has 0 unspecified atom stereocenters. The van der Waals surface area contributed by atoms with E-state index in [0.29, 0.717) is 45.3 Å². The zero-order valence-corrected chi connectivity index (χ0v) is 25.1. The molecule has 0 bridgehead atoms. The molecule has 43 heavy (non-hydrogen) atoms. The molecule has 3 aromatic rings. The Bertz CT molecular complexity index is 1590. The summed E-state index contributed by atoms with van der Waals surface area (Å²) < 4.78 is 16.9. The molecule has 0 saturated carbocycles. The summed E-state index contributed by atoms with van der Waals surface area (Å²) in [7, 11) is 2.82. The highest BCUT2D eigenvalue weighted by Crippen LogP contribution is 2.67. The number of carbonyl (C=O) groups is 3. The van der Waals surface area contributed by atoms with Gasteiger partial charge in [-0.2, -0.15) is 0 Å². The summed E-state index contributed by atoms with van der Waals surface area (Å²) in [5, 5.41) is 1.03. The minimum absolute atomic E-state index is 0.252. The van der Waals surface area contributed by atoms with Crippen LogP contribution in [0.5, 0.6) is 0 Å². The summed E-state index contributed by atoms with van der Waals surface area (Å²) >= 11 is 0. The molecule has 9 nitrogen and oxygen atoms in total. The number of fused-ring (bicyclic) bond motifs is 3. The third-order valence-corrected chi connectivity index (χ3v) is 10.8. The van der Waals surface area contributed by atoms with Crippen LogP contribution >= 0.6 is 0 Å². The van der Waals surface area contributed by atoms with Crippen LogP contribution < -0.4 is 0 Å². The van der Waals surface area contributed by atoms with E-state index in [-0.39, 0.29) is 37.0 Å². The Kier molecular flexibility index (Phi) is 6.67. The number of ether oxygens (including phenoxy) is 3. The number of nitrogens with one attached hydrogen (secondary N) is 1. The molecule has 3 saturated heterocycles. The molecule has 9 heteroatoms. The van der Waals surface area contributed by atoms with Crippen LogP contribution in [-0.2, 0) is 47.1 Å². The third kappa shape index (κ3) is 3.73. The van der Waals surface area contributed by atoms with Crippen LogP contribution in [0.1, 0.15) is 49.4 Å². The lowest BCUT2D eigenvalue weighted by Gasteiger charge is -2.67. The molecule has 4 aliphatic rings. The van der Waals surface area contributed by atoms with Gasteiger partial charge in [0.1, 0.15) is 11.0 Å². The third-order valence-electron chi connectivity index (χ3n) is 10.8. The SMILES string of the molecule is CCOC(=O)[C@]12CC[C@H]3[C@@H](C(=O)OC)C[C@]4(C(=O)OC)Cc5c([nH]c6ccccc56)[C@@]1(CCN(Cc1ccccc1)C2)N34. The molecule has 0 radical (unpaired) electrons. The van der Waals surface area contributed by atoms with Crippen molar-refractivity contribution >= 4 is 28.8 Å². The number of piperidine rings is 2. The van der Waals surface area contributed by atoms with Gasteiger partial charge in [0.15, 0.2) is 0 Å². The number of aromatic amines is 1. The highest BCUT2D eigenvalue weighted by Gasteiger charge is 2.77. The van der Waals surface area contributed by atoms with Crippen LogP contribution in [0.15, 0.2) is 54.6 Å². The van der Waals surface area contributed by atoms with Crippen molar-refractivity contribution < 1.29 is 28.6 Å². The number of aromatic nitrogens is 1. The van der Waals surface area contributed by atoms with Crippen LogP contribution in [0.2, 0.25) is 0 Å². The maximum atomic E-state index is 14.6. The maximum absolute atomic E-state index is 14.6. The van der Waals surface area contributed by atoms with Gasteiger partial charge < -0.3 is 19.2 Å². The van der Waals surface area contributed by atoms with E-state index in [4.69, 9.17) is 14.2 Å². The average Bonchev–Trinajstić information content (AvgIpc) is 3.59. The topological polar surface area (TPSA) is 101 Å². The van der Waals surface area contributed by atoms with Crippen LogP contribution in [0, 0.1) is 11.3 Å². The van der Waals surface area contributed by atoms with Crippen molar-refractivity contribution in [2.45, 2.75) is 62.7 Å². The van der Waals surface area contributed by atoms with Crippen molar-refractivity contribution in [1.29, 1.82) is 0 Å². The molecular formula is C34H39N3O6. The monoisotopic (exact) mass is 585 g/mol. The van der Waals surface area contributed by atoms with Gasteiger partial charge in [-0.15, -0.1) is 0 Å². The predicted octanol–water partition coefficient (Wildman–Crippen LogP) is 3.94. The van der Waals surface area contributed by atoms with Gasteiger partial charge >= 0.3 is 17.9 Å². The van der Waals surface area contributed by atoms with Crippen LogP contribution in [-0.4, -0.2) is 78.2 Å². The Morgan fingerprint density at radius 1 is 0.977 bits per heavy atom. The van der Waals surface area contributed by atoms with Gasteiger partial charge in [0.25, 0.3) is 0 Å². The van der Waals surface area contributed by atoms with E-state index >= 15 is 0 Å². The van der Waals surface area contributed by atoms with Gasteiger partial charge in [-0.05, 0) is 49.8 Å². The lowest BCUT2D eigenvalue weighted by molar-refractivity contribution is -0.217. The summed E-state index contributed by atoms with van der Waals surface area (Å²) in [6.07, 6.45) is 2.34. The molecule has 0 aliphatic carbocycles. The van der Waals surface area contributed by atoms with Crippen molar-refractivity contribution in [3.8, 4) is 0 Å². The number of hydrogen-bond acceptors (Lipinski definition) is 8. The molecule has 3 fully saturated rings. The van der Waals surface area contributed by atoms with Crippen molar-refractivity contribution in [3.63, 3.8) is 0 Å². The van der Waals surface area contributed by atoms with Crippen molar-refractivity contribution in [2.75, 3.05) is 33.9 Å². The second kappa shape index (κ2) is 10.2. The fraction of sp³-hybridized carbons (Fsp3) is 0.500. The molecular weight excluding hydrogens is 546 g/mol. The first kappa shape index (κ1) is 28.1. The zero-order valence-electron chi connectivity index (χ0n) is 25.1. The van der Waals surface area contributed by atoms with E-state index in [9.17, 15) is 14.4 Å². The smallest absolute Gasteiger partial charge is 0.326 e. The quantitative estimate of drug-likeness (QED) is 0.343. The number of H-pyrrole nitrogens is 1. The first-order valence-corrected chi connectivity index (χ1v) is 15.3. The van der Waals surface area contributed by atoms with Gasteiger partial charge in [0.2, 0.25) is 0 Å². The fourth-order valence-corrected chi connectivity index (χ4v) is 9.34. The molecule has 2 aromatic carbocycles. The highest BCUT2D eigenvalue weighted by atomic mass is 16.5. The Hall–Kier alpha value is -3.69. The lowest BCUT2D eigenvalue weighted by Crippen LogP contribution is -2.78. The zero-order chi connectivity index (χ0) is 30.0. The molecule has 5 heterocycles. The highest BCUT2D eigenvalue weighted by molar-refractivity contribution is 5.92. The second-order valence-electron chi connectivity index (χ2n) is 12.6. The van der Waals surface area contributed by atoms with E-state index < -0.39 is 22.4 Å². The standard InChI is InChI=1S/C34H39N3O6/c1-4-43-30(39)32-15-14-27-25(29(38)41-2)19-33(31(40)42-3)18-24-23-12-8-9-13-26(23)35-28(24)34(32,37(27)33)16-17-36(21-32)20-22-10-6-5-7-11-22/h5-13,25,27,35H,4,14-21H2,1-3H3/t25-,27-,32+,33-,34+/m0/s1. The molecule has 1 aromatic heterocycles. The number of carbonyl (C=O) groups excluding carboxylic acids is 3. The maximum Gasteiger partial charge on any atom is 0.326 e. The van der Waals surface area contributed by atoms with Gasteiger partial charge in [-0.1, -0.05) is 48.5 Å². The van der Waals surface area contributed by atoms with Crippen LogP contribution in [0.25, 0.3) is 10.9 Å². The minimum Gasteiger partial charge on any atom is -0.469 e. The van der Waals surface area contributed by atoms with Crippen molar-refractivity contribution in [2.24, 2.45) is 11.3 Å². The van der Waals surface area contributed by atoms with Crippen molar-refractivity contribution in [1.82, 2.24) is 14.8 Å². The van der Waals surface area contributed by atoms with Crippen LogP contribution in [0.4, 0.5) is 0 Å². The number of esters is 3. The predicted molar refractivity (Wildman–Crippen MR) is 159 cm³/mol. The summed E-state index contributed by atoms with van der Waals surface area (Å²) in [5.41, 5.74) is 1.10. The Morgan fingerprint density at radius 2 is 1.74 bits per heavy atom. The van der Waals surface area contributed by atoms with Gasteiger partial charge in [-0.3, -0.25) is 24.2 Å². The number of hydrogen-bond donors (Lipinski definition) is 1. The van der Waals surface area contributed by atoms with Gasteiger partial charge in [0, 0.05) is 48.7 Å². The number of rotatable bonds is 6. The van der Waals surface area contributed by atoms with Crippen molar-refractivity contribution in [3.05, 3.63) is 71.4 Å². The largest absolute Gasteiger partial charge is 0.469 e. The average molecular weight is 586 g/mol. The lowest BCUT2D eigenvalue weighted by atomic mass is 9.54. The van der Waals surface area contributed by atoms with Gasteiger partial charge in [0.05, 0.1) is 32.3 Å². The summed E-state index contributed by atoms with van der Waals surface area (Å²) in [5.74, 6) is -1.46. The first-order valence-electron chi connectivity index (χ1n) is 15.3.